The second-order valence-corrected chi connectivity index (χ2v) is 8.90. The van der Waals surface area contributed by atoms with Gasteiger partial charge in [-0.05, 0) is 51.7 Å². The molecule has 0 bridgehead atoms. The van der Waals surface area contributed by atoms with Gasteiger partial charge in [-0.3, -0.25) is 4.99 Å². The van der Waals surface area contributed by atoms with E-state index >= 15 is 0 Å². The van der Waals surface area contributed by atoms with Crippen LogP contribution in [0.5, 0.6) is 5.75 Å². The van der Waals surface area contributed by atoms with Gasteiger partial charge in [-0.25, -0.2) is 0 Å². The number of rotatable bonds is 9. The van der Waals surface area contributed by atoms with Gasteiger partial charge in [0.15, 0.2) is 5.96 Å². The summed E-state index contributed by atoms with van der Waals surface area (Å²) < 4.78 is 5.44. The molecular formula is C22H39IN4OS. The summed E-state index contributed by atoms with van der Waals surface area (Å²) in [6.45, 7) is 13.0. The molecule has 0 aliphatic carbocycles. The Morgan fingerprint density at radius 1 is 1.24 bits per heavy atom. The molecule has 1 aliphatic rings. The summed E-state index contributed by atoms with van der Waals surface area (Å²) >= 11 is 1.84. The molecule has 0 spiro atoms. The Balaban J connectivity index is 0.00000420. The van der Waals surface area contributed by atoms with Crippen molar-refractivity contribution in [1.82, 2.24) is 15.5 Å². The van der Waals surface area contributed by atoms with Crippen LogP contribution in [0.2, 0.25) is 0 Å². The first-order valence-electron chi connectivity index (χ1n) is 10.6. The van der Waals surface area contributed by atoms with Crippen molar-refractivity contribution in [2.75, 3.05) is 39.0 Å². The molecule has 29 heavy (non-hydrogen) atoms. The fraction of sp³-hybridized carbons (Fsp3) is 0.682. The van der Waals surface area contributed by atoms with Gasteiger partial charge in [0, 0.05) is 48.9 Å². The number of piperidine rings is 1. The van der Waals surface area contributed by atoms with Crippen molar-refractivity contribution >= 4 is 41.7 Å². The highest BCUT2D eigenvalue weighted by Gasteiger charge is 2.21. The lowest BCUT2D eigenvalue weighted by Gasteiger charge is -2.35. The number of hydrogen-bond donors (Lipinski definition) is 2. The van der Waals surface area contributed by atoms with E-state index in [0.29, 0.717) is 18.0 Å². The third kappa shape index (κ3) is 9.34. The highest BCUT2D eigenvalue weighted by molar-refractivity contribution is 14.0. The average Bonchev–Trinajstić information content (AvgIpc) is 2.71. The van der Waals surface area contributed by atoms with Crippen LogP contribution in [0.1, 0.15) is 40.5 Å². The molecular weight excluding hydrogens is 495 g/mol. The quantitative estimate of drug-likeness (QED) is 0.212. The first kappa shape index (κ1) is 26.4. The van der Waals surface area contributed by atoms with E-state index in [0.717, 1.165) is 30.6 Å². The van der Waals surface area contributed by atoms with Gasteiger partial charge in [0.1, 0.15) is 5.75 Å². The van der Waals surface area contributed by atoms with Crippen LogP contribution in [-0.4, -0.2) is 62.0 Å². The maximum atomic E-state index is 5.44. The number of guanidine groups is 1. The first-order valence-corrected chi connectivity index (χ1v) is 11.6. The Bertz CT molecular complexity index is 606. The number of benzene rings is 1. The van der Waals surface area contributed by atoms with E-state index in [1.54, 1.807) is 7.11 Å². The minimum Gasteiger partial charge on any atom is -0.496 e. The normalized spacial score (nSPS) is 17.0. The van der Waals surface area contributed by atoms with Gasteiger partial charge in [-0.15, -0.1) is 35.7 Å². The fourth-order valence-electron chi connectivity index (χ4n) is 3.34. The zero-order chi connectivity index (χ0) is 20.4. The Kier molecular flexibility index (Phi) is 13.1. The van der Waals surface area contributed by atoms with Gasteiger partial charge >= 0.3 is 0 Å². The van der Waals surface area contributed by atoms with Crippen LogP contribution < -0.4 is 15.4 Å². The topological polar surface area (TPSA) is 48.9 Å². The summed E-state index contributed by atoms with van der Waals surface area (Å²) in [6, 6.07) is 9.37. The lowest BCUT2D eigenvalue weighted by Crippen LogP contribution is -2.50. The molecule has 0 radical (unpaired) electrons. The van der Waals surface area contributed by atoms with Crippen LogP contribution in [0.15, 0.2) is 34.2 Å². The Hall–Kier alpha value is -0.670. The Labute approximate surface area is 198 Å². The Morgan fingerprint density at radius 3 is 2.55 bits per heavy atom. The van der Waals surface area contributed by atoms with Crippen LogP contribution in [0, 0.1) is 5.92 Å². The number of nitrogens with one attached hydrogen (secondary N) is 2. The van der Waals surface area contributed by atoms with Crippen molar-refractivity contribution in [3.05, 3.63) is 24.3 Å². The van der Waals surface area contributed by atoms with Crippen LogP contribution in [0.25, 0.3) is 0 Å². The molecule has 2 rings (SSSR count). The fourth-order valence-corrected chi connectivity index (χ4v) is 4.38. The molecule has 1 unspecified atom stereocenters. The summed E-state index contributed by atoms with van der Waals surface area (Å²) in [4.78, 5) is 8.60. The molecule has 0 amide bonds. The Morgan fingerprint density at radius 2 is 1.93 bits per heavy atom. The molecule has 2 N–H and O–H groups in total. The largest absolute Gasteiger partial charge is 0.496 e. The number of likely N-dealkylation sites (tertiary alicyclic amines) is 1. The standard InChI is InChI=1S/C22H38N4OS.HI/c1-6-23-22(25-19-11-13-26(14-12-19)17(2)3)24-15-18(4)16-28-21-10-8-7-9-20(21)27-5;/h7-10,17-19H,6,11-16H2,1-5H3,(H2,23,24,25);1H. The third-order valence-corrected chi connectivity index (χ3v) is 6.48. The van der Waals surface area contributed by atoms with Crippen LogP contribution in [0.3, 0.4) is 0 Å². The average molecular weight is 535 g/mol. The summed E-state index contributed by atoms with van der Waals surface area (Å²) in [5.74, 6) is 3.43. The van der Waals surface area contributed by atoms with Crippen LogP contribution in [-0.2, 0) is 0 Å². The van der Waals surface area contributed by atoms with Crippen molar-refractivity contribution < 1.29 is 4.74 Å². The number of hydrogen-bond acceptors (Lipinski definition) is 4. The summed E-state index contributed by atoms with van der Waals surface area (Å²) in [5, 5.41) is 7.06. The predicted octanol–water partition coefficient (Wildman–Crippen LogP) is 4.47. The highest BCUT2D eigenvalue weighted by Crippen LogP contribution is 2.30. The van der Waals surface area contributed by atoms with E-state index in [2.05, 4.69) is 55.4 Å². The van der Waals surface area contributed by atoms with Crippen molar-refractivity contribution in [2.45, 2.75) is 57.5 Å². The van der Waals surface area contributed by atoms with Crippen molar-refractivity contribution in [2.24, 2.45) is 10.9 Å². The molecule has 1 aliphatic heterocycles. The third-order valence-electron chi connectivity index (χ3n) is 5.10. The molecule has 1 fully saturated rings. The molecule has 0 aromatic heterocycles. The van der Waals surface area contributed by atoms with Gasteiger partial charge in [-0.2, -0.15) is 0 Å². The van der Waals surface area contributed by atoms with Crippen molar-refractivity contribution in [3.8, 4) is 5.75 Å². The molecule has 0 saturated carbocycles. The van der Waals surface area contributed by atoms with Gasteiger partial charge in [0.2, 0.25) is 0 Å². The maximum Gasteiger partial charge on any atom is 0.191 e. The second-order valence-electron chi connectivity index (χ2n) is 7.83. The number of ether oxygens (including phenoxy) is 1. The molecule has 1 aromatic carbocycles. The monoisotopic (exact) mass is 534 g/mol. The summed E-state index contributed by atoms with van der Waals surface area (Å²) in [5.41, 5.74) is 0. The van der Waals surface area contributed by atoms with Crippen molar-refractivity contribution in [3.63, 3.8) is 0 Å². The van der Waals surface area contributed by atoms with Crippen LogP contribution in [0.4, 0.5) is 0 Å². The zero-order valence-corrected chi connectivity index (χ0v) is 21.8. The van der Waals surface area contributed by atoms with E-state index in [1.165, 1.54) is 30.8 Å². The van der Waals surface area contributed by atoms with Crippen LogP contribution >= 0.6 is 35.7 Å². The zero-order valence-electron chi connectivity index (χ0n) is 18.6. The van der Waals surface area contributed by atoms with E-state index < -0.39 is 0 Å². The van der Waals surface area contributed by atoms with Gasteiger partial charge in [0.05, 0.1) is 7.11 Å². The minimum absolute atomic E-state index is 0. The maximum absolute atomic E-state index is 5.44. The smallest absolute Gasteiger partial charge is 0.191 e. The summed E-state index contributed by atoms with van der Waals surface area (Å²) in [6.07, 6.45) is 2.36. The molecule has 1 saturated heterocycles. The van der Waals surface area contributed by atoms with Gasteiger partial charge in [-0.1, -0.05) is 19.1 Å². The number of aliphatic imine (C=N–C) groups is 1. The minimum atomic E-state index is 0. The van der Waals surface area contributed by atoms with E-state index in [4.69, 9.17) is 9.73 Å². The molecule has 166 valence electrons. The molecule has 1 aromatic rings. The van der Waals surface area contributed by atoms with Gasteiger partial charge < -0.3 is 20.3 Å². The first-order chi connectivity index (χ1) is 13.5. The molecule has 5 nitrogen and oxygen atoms in total. The molecule has 1 heterocycles. The van der Waals surface area contributed by atoms with E-state index in [-0.39, 0.29) is 24.0 Å². The van der Waals surface area contributed by atoms with E-state index in [1.807, 2.05) is 23.9 Å². The summed E-state index contributed by atoms with van der Waals surface area (Å²) in [7, 11) is 1.73. The van der Waals surface area contributed by atoms with E-state index in [9.17, 15) is 0 Å². The second kappa shape index (κ2) is 14.4. The molecule has 7 heteroatoms. The predicted molar refractivity (Wildman–Crippen MR) is 137 cm³/mol. The number of methoxy groups -OCH3 is 1. The lowest BCUT2D eigenvalue weighted by molar-refractivity contribution is 0.167. The highest BCUT2D eigenvalue weighted by atomic mass is 127. The number of halogens is 1. The number of para-hydroxylation sites is 1. The SMILES string of the molecule is CCNC(=NCC(C)CSc1ccccc1OC)NC1CCN(C(C)C)CC1.I. The van der Waals surface area contributed by atoms with Crippen molar-refractivity contribution in [1.29, 1.82) is 0 Å². The lowest BCUT2D eigenvalue weighted by atomic mass is 10.0. The van der Waals surface area contributed by atoms with Gasteiger partial charge in [0.25, 0.3) is 0 Å². The number of thioether (sulfide) groups is 1. The number of nitrogens with zero attached hydrogens (tertiary/aromatic N) is 2. The molecule has 1 atom stereocenters.